The number of aromatic nitrogens is 4. The van der Waals surface area contributed by atoms with Crippen molar-refractivity contribution in [3.63, 3.8) is 0 Å². The van der Waals surface area contributed by atoms with Crippen molar-refractivity contribution in [3.8, 4) is 16.9 Å². The molecule has 124 valence electrons. The lowest BCUT2D eigenvalue weighted by molar-refractivity contribution is 0.414. The Bertz CT molecular complexity index is 998. The number of hydrogen-bond acceptors (Lipinski definition) is 5. The molecule has 4 rings (SSSR count). The molecule has 0 radical (unpaired) electrons. The Kier molecular flexibility index (Phi) is 4.00. The molecule has 0 bridgehead atoms. The van der Waals surface area contributed by atoms with E-state index in [1.165, 1.54) is 0 Å². The van der Waals surface area contributed by atoms with Gasteiger partial charge in [-0.2, -0.15) is 5.10 Å². The van der Waals surface area contributed by atoms with Gasteiger partial charge in [-0.25, -0.2) is 4.98 Å². The fourth-order valence-corrected chi connectivity index (χ4v) is 2.66. The summed E-state index contributed by atoms with van der Waals surface area (Å²) in [4.78, 5) is 9.14. The Balaban J connectivity index is 1.53. The van der Waals surface area contributed by atoms with Crippen molar-refractivity contribution >= 4 is 16.9 Å². The topological polar surface area (TPSA) is 75.7 Å². The predicted molar refractivity (Wildman–Crippen MR) is 97.4 cm³/mol. The minimum absolute atomic E-state index is 0.657. The summed E-state index contributed by atoms with van der Waals surface area (Å²) in [6.07, 6.45) is 5.40. The molecule has 0 aliphatic carbocycles. The Labute approximate surface area is 144 Å². The number of nitrogens with zero attached hydrogens (tertiary/aromatic N) is 3. The van der Waals surface area contributed by atoms with Gasteiger partial charge in [0.25, 0.3) is 0 Å². The number of benzene rings is 2. The monoisotopic (exact) mass is 331 g/mol. The Morgan fingerprint density at radius 1 is 1.04 bits per heavy atom. The summed E-state index contributed by atoms with van der Waals surface area (Å²) in [5.41, 5.74) is 4.92. The summed E-state index contributed by atoms with van der Waals surface area (Å²) in [6.45, 7) is 0.657. The standard InChI is InChI=1S/C19H17N5O/c1-25-16-4-2-3-13(7-16)9-21-19-12-20-18-8-14(5-6-17(18)24-19)15-10-22-23-11-15/h2-8,10-12H,9H2,1H3,(H,21,24)(H,22,23). The molecule has 0 aliphatic rings. The number of H-pyrrole nitrogens is 1. The van der Waals surface area contributed by atoms with Crippen LogP contribution in [-0.2, 0) is 6.54 Å². The van der Waals surface area contributed by atoms with Crippen LogP contribution in [0.15, 0.2) is 61.1 Å². The normalized spacial score (nSPS) is 10.8. The second kappa shape index (κ2) is 6.60. The lowest BCUT2D eigenvalue weighted by Crippen LogP contribution is -2.02. The molecule has 0 spiro atoms. The molecule has 0 fully saturated rings. The number of ether oxygens (including phenoxy) is 1. The number of aromatic amines is 1. The molecule has 2 aromatic carbocycles. The zero-order valence-electron chi connectivity index (χ0n) is 13.7. The molecule has 2 N–H and O–H groups in total. The van der Waals surface area contributed by atoms with Gasteiger partial charge in [0, 0.05) is 18.3 Å². The SMILES string of the molecule is COc1cccc(CNc2cnc3cc(-c4cn[nH]c4)ccc3n2)c1. The molecule has 0 amide bonds. The molecule has 2 aromatic heterocycles. The summed E-state index contributed by atoms with van der Waals surface area (Å²) in [6, 6.07) is 13.9. The molecule has 0 atom stereocenters. The highest BCUT2D eigenvalue weighted by atomic mass is 16.5. The summed E-state index contributed by atoms with van der Waals surface area (Å²) in [7, 11) is 1.67. The third kappa shape index (κ3) is 3.28. The van der Waals surface area contributed by atoms with Crippen molar-refractivity contribution in [1.82, 2.24) is 20.2 Å². The number of rotatable bonds is 5. The van der Waals surface area contributed by atoms with Crippen LogP contribution in [0.3, 0.4) is 0 Å². The number of fused-ring (bicyclic) bond motifs is 1. The van der Waals surface area contributed by atoms with Crippen molar-refractivity contribution in [2.45, 2.75) is 6.54 Å². The van der Waals surface area contributed by atoms with E-state index in [1.807, 2.05) is 48.7 Å². The molecule has 0 saturated carbocycles. The lowest BCUT2D eigenvalue weighted by Gasteiger charge is -2.08. The highest BCUT2D eigenvalue weighted by Gasteiger charge is 2.04. The van der Waals surface area contributed by atoms with Gasteiger partial charge >= 0.3 is 0 Å². The number of hydrogen-bond donors (Lipinski definition) is 2. The maximum Gasteiger partial charge on any atom is 0.145 e. The van der Waals surface area contributed by atoms with Gasteiger partial charge in [0.05, 0.1) is 30.5 Å². The molecule has 4 aromatic rings. The Morgan fingerprint density at radius 2 is 2.00 bits per heavy atom. The number of nitrogens with one attached hydrogen (secondary N) is 2. The van der Waals surface area contributed by atoms with E-state index < -0.39 is 0 Å². The zero-order valence-corrected chi connectivity index (χ0v) is 13.7. The van der Waals surface area contributed by atoms with E-state index in [0.717, 1.165) is 39.3 Å². The molecule has 0 unspecified atom stereocenters. The van der Waals surface area contributed by atoms with Crippen LogP contribution >= 0.6 is 0 Å². The van der Waals surface area contributed by atoms with E-state index in [4.69, 9.17) is 4.74 Å². The van der Waals surface area contributed by atoms with Crippen molar-refractivity contribution in [1.29, 1.82) is 0 Å². The van der Waals surface area contributed by atoms with E-state index in [2.05, 4.69) is 25.5 Å². The largest absolute Gasteiger partial charge is 0.497 e. The van der Waals surface area contributed by atoms with Gasteiger partial charge in [-0.3, -0.25) is 10.1 Å². The first-order valence-corrected chi connectivity index (χ1v) is 7.94. The first-order chi connectivity index (χ1) is 12.3. The van der Waals surface area contributed by atoms with Crippen molar-refractivity contribution in [2.75, 3.05) is 12.4 Å². The second-order valence-electron chi connectivity index (χ2n) is 5.65. The van der Waals surface area contributed by atoms with Gasteiger partial charge < -0.3 is 10.1 Å². The molecule has 6 nitrogen and oxygen atoms in total. The Morgan fingerprint density at radius 3 is 2.84 bits per heavy atom. The minimum Gasteiger partial charge on any atom is -0.497 e. The highest BCUT2D eigenvalue weighted by molar-refractivity contribution is 5.81. The van der Waals surface area contributed by atoms with Crippen LogP contribution in [0.2, 0.25) is 0 Å². The van der Waals surface area contributed by atoms with Crippen LogP contribution in [0.1, 0.15) is 5.56 Å². The third-order valence-corrected chi connectivity index (χ3v) is 3.98. The molecular formula is C19H17N5O. The van der Waals surface area contributed by atoms with Crippen molar-refractivity contribution < 1.29 is 4.74 Å². The van der Waals surface area contributed by atoms with Gasteiger partial charge in [-0.05, 0) is 35.4 Å². The van der Waals surface area contributed by atoms with E-state index in [0.29, 0.717) is 6.54 Å². The van der Waals surface area contributed by atoms with E-state index in [1.54, 1.807) is 19.5 Å². The van der Waals surface area contributed by atoms with Crippen LogP contribution in [0.25, 0.3) is 22.2 Å². The van der Waals surface area contributed by atoms with E-state index in [9.17, 15) is 0 Å². The summed E-state index contributed by atoms with van der Waals surface area (Å²) in [5.74, 6) is 1.59. The zero-order chi connectivity index (χ0) is 17.1. The summed E-state index contributed by atoms with van der Waals surface area (Å²) < 4.78 is 5.24. The van der Waals surface area contributed by atoms with Gasteiger partial charge in [-0.15, -0.1) is 0 Å². The maximum atomic E-state index is 5.24. The number of methoxy groups -OCH3 is 1. The van der Waals surface area contributed by atoms with Gasteiger partial charge in [0.2, 0.25) is 0 Å². The van der Waals surface area contributed by atoms with Gasteiger partial charge in [-0.1, -0.05) is 18.2 Å². The highest BCUT2D eigenvalue weighted by Crippen LogP contribution is 2.22. The van der Waals surface area contributed by atoms with Crippen molar-refractivity contribution in [3.05, 3.63) is 66.6 Å². The molecule has 6 heteroatoms. The van der Waals surface area contributed by atoms with E-state index in [-0.39, 0.29) is 0 Å². The van der Waals surface area contributed by atoms with Crippen LogP contribution in [0.4, 0.5) is 5.82 Å². The first kappa shape index (κ1) is 15.1. The minimum atomic E-state index is 0.657. The van der Waals surface area contributed by atoms with E-state index >= 15 is 0 Å². The fraction of sp³-hybridized carbons (Fsp3) is 0.105. The van der Waals surface area contributed by atoms with Gasteiger partial charge in [0.1, 0.15) is 11.6 Å². The first-order valence-electron chi connectivity index (χ1n) is 7.94. The van der Waals surface area contributed by atoms with Crippen LogP contribution in [-0.4, -0.2) is 27.3 Å². The molecule has 0 saturated heterocycles. The fourth-order valence-electron chi connectivity index (χ4n) is 2.66. The average molecular weight is 331 g/mol. The lowest BCUT2D eigenvalue weighted by atomic mass is 10.1. The van der Waals surface area contributed by atoms with Crippen LogP contribution in [0.5, 0.6) is 5.75 Å². The average Bonchev–Trinajstić information content (AvgIpc) is 3.21. The molecule has 25 heavy (non-hydrogen) atoms. The summed E-state index contributed by atoms with van der Waals surface area (Å²) >= 11 is 0. The molecular weight excluding hydrogens is 314 g/mol. The Hall–Kier alpha value is -3.41. The number of anilines is 1. The van der Waals surface area contributed by atoms with Crippen molar-refractivity contribution in [2.24, 2.45) is 0 Å². The quantitative estimate of drug-likeness (QED) is 0.584. The second-order valence-corrected chi connectivity index (χ2v) is 5.65. The van der Waals surface area contributed by atoms with Gasteiger partial charge in [0.15, 0.2) is 0 Å². The predicted octanol–water partition coefficient (Wildman–Crippen LogP) is 3.64. The molecule has 2 heterocycles. The third-order valence-electron chi connectivity index (χ3n) is 3.98. The maximum absolute atomic E-state index is 5.24. The van der Waals surface area contributed by atoms with Crippen LogP contribution in [0, 0.1) is 0 Å². The summed E-state index contributed by atoms with van der Waals surface area (Å²) in [5, 5.41) is 10.1. The molecule has 0 aliphatic heterocycles. The smallest absolute Gasteiger partial charge is 0.145 e. The van der Waals surface area contributed by atoms with Crippen LogP contribution < -0.4 is 10.1 Å².